The highest BCUT2D eigenvalue weighted by molar-refractivity contribution is 5.88. The number of aromatic nitrogens is 1. The average molecular weight is 225 g/mol. The van der Waals surface area contributed by atoms with Crippen LogP contribution in [-0.4, -0.2) is 36.4 Å². The SMILES string of the molecule is COCCCOc1ccc(C(=O)O)c(C)n1. The molecule has 1 N–H and O–H groups in total. The number of nitrogens with zero attached hydrogens (tertiary/aromatic N) is 1. The molecule has 5 nitrogen and oxygen atoms in total. The number of aryl methyl sites for hydroxylation is 1. The molecule has 0 amide bonds. The molecule has 0 saturated heterocycles. The van der Waals surface area contributed by atoms with Gasteiger partial charge in [-0.15, -0.1) is 0 Å². The molecule has 0 unspecified atom stereocenters. The van der Waals surface area contributed by atoms with Crippen molar-refractivity contribution in [2.24, 2.45) is 0 Å². The Hall–Kier alpha value is -1.62. The minimum atomic E-state index is -0.976. The Morgan fingerprint density at radius 2 is 2.19 bits per heavy atom. The van der Waals surface area contributed by atoms with Crippen molar-refractivity contribution in [2.75, 3.05) is 20.3 Å². The van der Waals surface area contributed by atoms with Crippen LogP contribution in [0.15, 0.2) is 12.1 Å². The van der Waals surface area contributed by atoms with E-state index in [4.69, 9.17) is 14.6 Å². The topological polar surface area (TPSA) is 68.7 Å². The smallest absolute Gasteiger partial charge is 0.337 e. The van der Waals surface area contributed by atoms with E-state index in [0.717, 1.165) is 6.42 Å². The molecule has 0 radical (unpaired) electrons. The molecule has 0 fully saturated rings. The van der Waals surface area contributed by atoms with Gasteiger partial charge < -0.3 is 14.6 Å². The van der Waals surface area contributed by atoms with Crippen molar-refractivity contribution < 1.29 is 19.4 Å². The lowest BCUT2D eigenvalue weighted by atomic mass is 10.2. The van der Waals surface area contributed by atoms with Crippen LogP contribution in [0.25, 0.3) is 0 Å². The van der Waals surface area contributed by atoms with Crippen LogP contribution in [0.4, 0.5) is 0 Å². The van der Waals surface area contributed by atoms with Crippen molar-refractivity contribution in [2.45, 2.75) is 13.3 Å². The highest BCUT2D eigenvalue weighted by Gasteiger charge is 2.08. The number of pyridine rings is 1. The summed E-state index contributed by atoms with van der Waals surface area (Å²) in [6, 6.07) is 3.06. The number of aromatic carboxylic acids is 1. The van der Waals surface area contributed by atoms with Gasteiger partial charge in [0, 0.05) is 26.2 Å². The quantitative estimate of drug-likeness (QED) is 0.743. The lowest BCUT2D eigenvalue weighted by Gasteiger charge is -2.06. The minimum absolute atomic E-state index is 0.198. The highest BCUT2D eigenvalue weighted by atomic mass is 16.5. The van der Waals surface area contributed by atoms with E-state index in [0.29, 0.717) is 24.8 Å². The summed E-state index contributed by atoms with van der Waals surface area (Å²) in [5, 5.41) is 8.81. The molecule has 16 heavy (non-hydrogen) atoms. The van der Waals surface area contributed by atoms with Crippen molar-refractivity contribution >= 4 is 5.97 Å². The molecule has 5 heteroatoms. The molecule has 0 spiro atoms. The molecule has 0 bridgehead atoms. The van der Waals surface area contributed by atoms with E-state index in [9.17, 15) is 4.79 Å². The third-order valence-electron chi connectivity index (χ3n) is 2.03. The van der Waals surface area contributed by atoms with Crippen LogP contribution >= 0.6 is 0 Å². The molecule has 1 rings (SSSR count). The Kier molecular flexibility index (Phi) is 4.72. The molecule has 1 heterocycles. The van der Waals surface area contributed by atoms with Gasteiger partial charge in [-0.05, 0) is 13.0 Å². The minimum Gasteiger partial charge on any atom is -0.478 e. The maximum Gasteiger partial charge on any atom is 0.337 e. The van der Waals surface area contributed by atoms with Crippen molar-refractivity contribution in [3.8, 4) is 5.88 Å². The van der Waals surface area contributed by atoms with Crippen molar-refractivity contribution in [3.63, 3.8) is 0 Å². The summed E-state index contributed by atoms with van der Waals surface area (Å²) in [7, 11) is 1.63. The van der Waals surface area contributed by atoms with E-state index < -0.39 is 5.97 Å². The second-order valence-corrected chi connectivity index (χ2v) is 3.28. The van der Waals surface area contributed by atoms with Gasteiger partial charge in [0.25, 0.3) is 0 Å². The summed E-state index contributed by atoms with van der Waals surface area (Å²) in [5.41, 5.74) is 0.654. The first-order valence-electron chi connectivity index (χ1n) is 4.98. The van der Waals surface area contributed by atoms with Gasteiger partial charge in [0.1, 0.15) is 0 Å². The molecule has 0 aliphatic carbocycles. The zero-order valence-electron chi connectivity index (χ0n) is 9.40. The van der Waals surface area contributed by atoms with Gasteiger partial charge in [-0.25, -0.2) is 9.78 Å². The summed E-state index contributed by atoms with van der Waals surface area (Å²) in [6.45, 7) is 2.78. The molecule has 0 saturated carbocycles. The van der Waals surface area contributed by atoms with Crippen molar-refractivity contribution in [3.05, 3.63) is 23.4 Å². The maximum absolute atomic E-state index is 10.7. The lowest BCUT2D eigenvalue weighted by Crippen LogP contribution is -2.06. The van der Waals surface area contributed by atoms with Crippen LogP contribution in [-0.2, 0) is 4.74 Å². The molecule has 0 aromatic carbocycles. The number of carbonyl (C=O) groups is 1. The second-order valence-electron chi connectivity index (χ2n) is 3.28. The highest BCUT2D eigenvalue weighted by Crippen LogP contribution is 2.12. The number of methoxy groups -OCH3 is 1. The van der Waals surface area contributed by atoms with Gasteiger partial charge in [-0.3, -0.25) is 0 Å². The van der Waals surface area contributed by atoms with Crippen molar-refractivity contribution in [1.29, 1.82) is 0 Å². The first-order chi connectivity index (χ1) is 7.65. The van der Waals surface area contributed by atoms with Gasteiger partial charge in [0.15, 0.2) is 0 Å². The first-order valence-corrected chi connectivity index (χ1v) is 4.98. The van der Waals surface area contributed by atoms with E-state index >= 15 is 0 Å². The van der Waals surface area contributed by atoms with Gasteiger partial charge >= 0.3 is 5.97 Å². The molecule has 0 atom stereocenters. The summed E-state index contributed by atoms with van der Waals surface area (Å²) in [4.78, 5) is 14.8. The summed E-state index contributed by atoms with van der Waals surface area (Å²) in [6.07, 6.45) is 0.776. The summed E-state index contributed by atoms with van der Waals surface area (Å²) in [5.74, 6) is -0.533. The van der Waals surface area contributed by atoms with Crippen LogP contribution in [0, 0.1) is 6.92 Å². The molecule has 1 aromatic heterocycles. The van der Waals surface area contributed by atoms with Crippen LogP contribution < -0.4 is 4.74 Å². The summed E-state index contributed by atoms with van der Waals surface area (Å²) < 4.78 is 10.2. The van der Waals surface area contributed by atoms with E-state index in [1.807, 2.05) is 0 Å². The second kappa shape index (κ2) is 6.07. The number of hydrogen-bond donors (Lipinski definition) is 1. The standard InChI is InChI=1S/C11H15NO4/c1-8-9(11(13)14)4-5-10(12-8)16-7-3-6-15-2/h4-5H,3,6-7H2,1-2H3,(H,13,14). The zero-order valence-corrected chi connectivity index (χ0v) is 9.40. The van der Waals surface area contributed by atoms with Gasteiger partial charge in [0.2, 0.25) is 5.88 Å². The predicted molar refractivity (Wildman–Crippen MR) is 57.9 cm³/mol. The Bertz CT molecular complexity index is 365. The molecular weight excluding hydrogens is 210 g/mol. The normalized spacial score (nSPS) is 10.1. The largest absolute Gasteiger partial charge is 0.478 e. The fourth-order valence-electron chi connectivity index (χ4n) is 1.22. The van der Waals surface area contributed by atoms with Crippen LogP contribution in [0.3, 0.4) is 0 Å². The number of carboxylic acids is 1. The fourth-order valence-corrected chi connectivity index (χ4v) is 1.22. The average Bonchev–Trinajstić information content (AvgIpc) is 2.24. The third kappa shape index (κ3) is 3.51. The van der Waals surface area contributed by atoms with Gasteiger partial charge in [-0.1, -0.05) is 0 Å². The number of hydrogen-bond acceptors (Lipinski definition) is 4. The number of rotatable bonds is 6. The van der Waals surface area contributed by atoms with Crippen molar-refractivity contribution in [1.82, 2.24) is 4.98 Å². The molecular formula is C11H15NO4. The zero-order chi connectivity index (χ0) is 12.0. The Morgan fingerprint density at radius 3 is 2.75 bits per heavy atom. The first kappa shape index (κ1) is 12.4. The van der Waals surface area contributed by atoms with Crippen LogP contribution in [0.1, 0.15) is 22.5 Å². The lowest BCUT2D eigenvalue weighted by molar-refractivity contribution is 0.0695. The maximum atomic E-state index is 10.7. The monoisotopic (exact) mass is 225 g/mol. The third-order valence-corrected chi connectivity index (χ3v) is 2.03. The van der Waals surface area contributed by atoms with Crippen LogP contribution in [0.2, 0.25) is 0 Å². The molecule has 0 aliphatic rings. The predicted octanol–water partition coefficient (Wildman–Crippen LogP) is 1.50. The van der Waals surface area contributed by atoms with Crippen LogP contribution in [0.5, 0.6) is 5.88 Å². The Labute approximate surface area is 94.0 Å². The summed E-state index contributed by atoms with van der Waals surface area (Å²) >= 11 is 0. The molecule has 1 aromatic rings. The molecule has 0 aliphatic heterocycles. The van der Waals surface area contributed by atoms with E-state index in [-0.39, 0.29) is 5.56 Å². The van der Waals surface area contributed by atoms with E-state index in [1.54, 1.807) is 20.1 Å². The van der Waals surface area contributed by atoms with E-state index in [1.165, 1.54) is 6.07 Å². The Balaban J connectivity index is 2.56. The number of ether oxygens (including phenoxy) is 2. The van der Waals surface area contributed by atoms with Gasteiger partial charge in [-0.2, -0.15) is 0 Å². The number of carboxylic acid groups (broad SMARTS) is 1. The van der Waals surface area contributed by atoms with Gasteiger partial charge in [0.05, 0.1) is 17.9 Å². The molecule has 88 valence electrons. The van der Waals surface area contributed by atoms with E-state index in [2.05, 4.69) is 4.98 Å². The fraction of sp³-hybridized carbons (Fsp3) is 0.455. The Morgan fingerprint density at radius 1 is 1.44 bits per heavy atom.